The fourth-order valence-corrected chi connectivity index (χ4v) is 1.66. The molecule has 1 heterocycles. The maximum atomic E-state index is 11.7. The van der Waals surface area contributed by atoms with Crippen molar-refractivity contribution in [3.63, 3.8) is 0 Å². The molecule has 0 aliphatic heterocycles. The van der Waals surface area contributed by atoms with Gasteiger partial charge in [-0.15, -0.1) is 0 Å². The lowest BCUT2D eigenvalue weighted by Gasteiger charge is -2.06. The maximum Gasteiger partial charge on any atom is 0.288 e. The highest BCUT2D eigenvalue weighted by molar-refractivity contribution is 6.29. The molecule has 2 rings (SSSR count). The SMILES string of the molecule is N#Cc1ccccc1Cn1ccnc(Cl)c1=O. The molecule has 5 heteroatoms. The van der Waals surface area contributed by atoms with Gasteiger partial charge in [-0.05, 0) is 11.6 Å². The van der Waals surface area contributed by atoms with E-state index in [1.165, 1.54) is 10.8 Å². The van der Waals surface area contributed by atoms with Gasteiger partial charge in [-0.2, -0.15) is 5.26 Å². The Labute approximate surface area is 103 Å². The topological polar surface area (TPSA) is 58.7 Å². The summed E-state index contributed by atoms with van der Waals surface area (Å²) in [4.78, 5) is 15.3. The molecule has 0 N–H and O–H groups in total. The summed E-state index contributed by atoms with van der Waals surface area (Å²) >= 11 is 5.64. The van der Waals surface area contributed by atoms with E-state index in [4.69, 9.17) is 16.9 Å². The number of benzene rings is 1. The number of nitrogens with zero attached hydrogens (tertiary/aromatic N) is 3. The zero-order valence-corrected chi connectivity index (χ0v) is 9.55. The van der Waals surface area contributed by atoms with Gasteiger partial charge in [-0.3, -0.25) is 4.79 Å². The summed E-state index contributed by atoms with van der Waals surface area (Å²) in [5.74, 6) is 0. The highest BCUT2D eigenvalue weighted by Crippen LogP contribution is 2.08. The Morgan fingerprint density at radius 3 is 2.94 bits per heavy atom. The second kappa shape index (κ2) is 4.81. The van der Waals surface area contributed by atoms with E-state index in [9.17, 15) is 4.79 Å². The second-order valence-electron chi connectivity index (χ2n) is 3.42. The smallest absolute Gasteiger partial charge is 0.288 e. The molecule has 0 atom stereocenters. The van der Waals surface area contributed by atoms with Crippen molar-refractivity contribution in [1.29, 1.82) is 5.26 Å². The van der Waals surface area contributed by atoms with Crippen LogP contribution >= 0.6 is 11.6 Å². The second-order valence-corrected chi connectivity index (χ2v) is 3.78. The monoisotopic (exact) mass is 245 g/mol. The third-order valence-electron chi connectivity index (χ3n) is 2.35. The summed E-state index contributed by atoms with van der Waals surface area (Å²) in [5.41, 5.74) is 0.966. The van der Waals surface area contributed by atoms with Crippen molar-refractivity contribution in [3.8, 4) is 6.07 Å². The minimum atomic E-state index is -0.359. The fraction of sp³-hybridized carbons (Fsp3) is 0.0833. The molecule has 0 radical (unpaired) electrons. The first-order valence-electron chi connectivity index (χ1n) is 4.91. The molecule has 0 unspecified atom stereocenters. The van der Waals surface area contributed by atoms with E-state index >= 15 is 0 Å². The summed E-state index contributed by atoms with van der Waals surface area (Å²) in [6.45, 7) is 0.310. The lowest BCUT2D eigenvalue weighted by atomic mass is 10.1. The van der Waals surface area contributed by atoms with Crippen LogP contribution in [0.2, 0.25) is 5.15 Å². The van der Waals surface area contributed by atoms with Crippen LogP contribution in [0.4, 0.5) is 0 Å². The van der Waals surface area contributed by atoms with Crippen molar-refractivity contribution in [1.82, 2.24) is 9.55 Å². The molecule has 0 bridgehead atoms. The van der Waals surface area contributed by atoms with E-state index < -0.39 is 0 Å². The van der Waals surface area contributed by atoms with Crippen LogP contribution in [0.1, 0.15) is 11.1 Å². The molecule has 84 valence electrons. The molecule has 0 saturated carbocycles. The lowest BCUT2D eigenvalue weighted by molar-refractivity contribution is 0.747. The van der Waals surface area contributed by atoms with Crippen LogP contribution in [0.3, 0.4) is 0 Å². The Morgan fingerprint density at radius 1 is 1.41 bits per heavy atom. The predicted octanol–water partition coefficient (Wildman–Crippen LogP) is 1.82. The lowest BCUT2D eigenvalue weighted by Crippen LogP contribution is -2.21. The molecular weight excluding hydrogens is 238 g/mol. The van der Waals surface area contributed by atoms with E-state index in [1.54, 1.807) is 24.4 Å². The minimum absolute atomic E-state index is 0.0676. The first kappa shape index (κ1) is 11.4. The molecule has 1 aromatic carbocycles. The maximum absolute atomic E-state index is 11.7. The Balaban J connectivity index is 2.43. The van der Waals surface area contributed by atoms with E-state index in [-0.39, 0.29) is 10.7 Å². The summed E-state index contributed by atoms with van der Waals surface area (Å²) in [7, 11) is 0. The summed E-state index contributed by atoms with van der Waals surface area (Å²) in [5, 5.41) is 8.88. The van der Waals surface area contributed by atoms with Gasteiger partial charge in [0, 0.05) is 12.4 Å². The van der Waals surface area contributed by atoms with Crippen molar-refractivity contribution in [3.05, 3.63) is 63.3 Å². The quantitative estimate of drug-likeness (QED) is 0.811. The fourth-order valence-electron chi connectivity index (χ4n) is 1.50. The molecule has 17 heavy (non-hydrogen) atoms. The number of nitriles is 1. The normalized spacial score (nSPS) is 9.88. The van der Waals surface area contributed by atoms with Crippen molar-refractivity contribution in [2.75, 3.05) is 0 Å². The van der Waals surface area contributed by atoms with E-state index in [2.05, 4.69) is 11.1 Å². The number of hydrogen-bond donors (Lipinski definition) is 0. The number of aromatic nitrogens is 2. The van der Waals surface area contributed by atoms with Crippen molar-refractivity contribution >= 4 is 11.6 Å². The molecule has 0 aliphatic carbocycles. The molecule has 1 aromatic heterocycles. The van der Waals surface area contributed by atoms with Crippen LogP contribution in [0.25, 0.3) is 0 Å². The number of rotatable bonds is 2. The summed E-state index contributed by atoms with van der Waals surface area (Å²) < 4.78 is 1.42. The summed E-state index contributed by atoms with van der Waals surface area (Å²) in [6.07, 6.45) is 3.00. The highest BCUT2D eigenvalue weighted by Gasteiger charge is 2.05. The third-order valence-corrected chi connectivity index (χ3v) is 2.61. The van der Waals surface area contributed by atoms with E-state index in [0.29, 0.717) is 12.1 Å². The molecular formula is C12H8ClN3O. The van der Waals surface area contributed by atoms with Gasteiger partial charge in [0.15, 0.2) is 5.15 Å². The van der Waals surface area contributed by atoms with E-state index in [1.807, 2.05) is 6.07 Å². The summed E-state index contributed by atoms with van der Waals surface area (Å²) in [6, 6.07) is 9.21. The van der Waals surface area contributed by atoms with Gasteiger partial charge in [0.2, 0.25) is 0 Å². The molecule has 2 aromatic rings. The van der Waals surface area contributed by atoms with Gasteiger partial charge in [-0.25, -0.2) is 4.98 Å². The van der Waals surface area contributed by atoms with Crippen LogP contribution in [0.5, 0.6) is 0 Å². The zero-order chi connectivity index (χ0) is 12.3. The van der Waals surface area contributed by atoms with Crippen LogP contribution in [-0.2, 0) is 6.54 Å². The molecule has 0 aliphatic rings. The minimum Gasteiger partial charge on any atom is -0.307 e. The highest BCUT2D eigenvalue weighted by atomic mass is 35.5. The van der Waals surface area contributed by atoms with Gasteiger partial charge in [0.25, 0.3) is 5.56 Å². The first-order valence-corrected chi connectivity index (χ1v) is 5.29. The van der Waals surface area contributed by atoms with Crippen LogP contribution in [-0.4, -0.2) is 9.55 Å². The number of hydrogen-bond acceptors (Lipinski definition) is 3. The first-order chi connectivity index (χ1) is 8.22. The van der Waals surface area contributed by atoms with Gasteiger partial charge in [-0.1, -0.05) is 29.8 Å². The Kier molecular flexibility index (Phi) is 3.22. The van der Waals surface area contributed by atoms with Crippen LogP contribution in [0, 0.1) is 11.3 Å². The van der Waals surface area contributed by atoms with Gasteiger partial charge in [0.1, 0.15) is 0 Å². The Morgan fingerprint density at radius 2 is 2.18 bits per heavy atom. The molecule has 4 nitrogen and oxygen atoms in total. The van der Waals surface area contributed by atoms with E-state index in [0.717, 1.165) is 5.56 Å². The molecule has 0 amide bonds. The van der Waals surface area contributed by atoms with Crippen LogP contribution < -0.4 is 5.56 Å². The van der Waals surface area contributed by atoms with Crippen LogP contribution in [0.15, 0.2) is 41.5 Å². The molecule has 0 fully saturated rings. The molecule has 0 spiro atoms. The predicted molar refractivity (Wildman–Crippen MR) is 63.8 cm³/mol. The standard InChI is InChI=1S/C12H8ClN3O/c13-11-12(17)16(6-5-15-11)8-10-4-2-1-3-9(10)7-14/h1-6H,8H2. The van der Waals surface area contributed by atoms with Crippen molar-refractivity contribution in [2.45, 2.75) is 6.54 Å². The average molecular weight is 246 g/mol. The third kappa shape index (κ3) is 2.35. The average Bonchev–Trinajstić information content (AvgIpc) is 2.35. The van der Waals surface area contributed by atoms with Gasteiger partial charge >= 0.3 is 0 Å². The zero-order valence-electron chi connectivity index (χ0n) is 8.80. The Bertz CT molecular complexity index is 643. The van der Waals surface area contributed by atoms with Gasteiger partial charge < -0.3 is 4.57 Å². The largest absolute Gasteiger partial charge is 0.307 e. The van der Waals surface area contributed by atoms with Gasteiger partial charge in [0.05, 0.1) is 18.2 Å². The van der Waals surface area contributed by atoms with Crippen molar-refractivity contribution < 1.29 is 0 Å². The molecule has 0 saturated heterocycles. The number of halogens is 1. The van der Waals surface area contributed by atoms with Crippen molar-refractivity contribution in [2.24, 2.45) is 0 Å². The Hall–Kier alpha value is -2.12.